The molecule has 0 amide bonds. The van der Waals surface area contributed by atoms with Crippen molar-refractivity contribution in [2.24, 2.45) is 0 Å². The van der Waals surface area contributed by atoms with Crippen molar-refractivity contribution >= 4 is 34.3 Å². The van der Waals surface area contributed by atoms with Crippen LogP contribution in [0.2, 0.25) is 5.02 Å². The predicted octanol–water partition coefficient (Wildman–Crippen LogP) is 3.50. The van der Waals surface area contributed by atoms with E-state index in [2.05, 4.69) is 4.98 Å². The van der Waals surface area contributed by atoms with Gasteiger partial charge in [0.2, 0.25) is 0 Å². The summed E-state index contributed by atoms with van der Waals surface area (Å²) in [5, 5.41) is 1.80. The van der Waals surface area contributed by atoms with Gasteiger partial charge in [-0.25, -0.2) is 4.98 Å². The molecular formula is C18H15ClN2O3S. The lowest BCUT2D eigenvalue weighted by atomic mass is 10.2. The Balaban J connectivity index is 1.81. The monoisotopic (exact) mass is 374 g/mol. The fraction of sp³-hybridized carbons (Fsp3) is 0.222. The second-order valence-corrected chi connectivity index (χ2v) is 6.93. The average molecular weight is 375 g/mol. The third kappa shape index (κ3) is 3.43. The van der Waals surface area contributed by atoms with E-state index in [1.807, 2.05) is 30.3 Å². The summed E-state index contributed by atoms with van der Waals surface area (Å²) in [7, 11) is 0. The van der Waals surface area contributed by atoms with E-state index in [9.17, 15) is 4.79 Å². The van der Waals surface area contributed by atoms with E-state index in [0.717, 1.165) is 5.69 Å². The van der Waals surface area contributed by atoms with Crippen LogP contribution in [-0.2, 0) is 9.47 Å². The van der Waals surface area contributed by atoms with E-state index in [-0.39, 0.29) is 11.8 Å². The summed E-state index contributed by atoms with van der Waals surface area (Å²) in [5.74, 6) is 0.568. The van der Waals surface area contributed by atoms with Crippen molar-refractivity contribution in [2.75, 3.05) is 19.0 Å². The zero-order chi connectivity index (χ0) is 17.2. The lowest BCUT2D eigenvalue weighted by molar-refractivity contribution is -0.0215. The maximum Gasteiger partial charge on any atom is 0.266 e. The molecule has 0 spiro atoms. The molecule has 0 atom stereocenters. The van der Waals surface area contributed by atoms with Gasteiger partial charge in [-0.05, 0) is 36.4 Å². The first-order valence-electron chi connectivity index (χ1n) is 7.86. The number of nitrogens with zero attached hydrogens (tertiary/aromatic N) is 2. The molecule has 0 N–H and O–H groups in total. The van der Waals surface area contributed by atoms with E-state index >= 15 is 0 Å². The Hall–Kier alpha value is -1.86. The van der Waals surface area contributed by atoms with Crippen molar-refractivity contribution in [3.8, 4) is 5.69 Å². The highest BCUT2D eigenvalue weighted by Crippen LogP contribution is 2.24. The van der Waals surface area contributed by atoms with E-state index in [1.165, 1.54) is 11.8 Å². The molecule has 0 unspecified atom stereocenters. The van der Waals surface area contributed by atoms with Crippen LogP contribution in [-0.4, -0.2) is 34.8 Å². The van der Waals surface area contributed by atoms with E-state index in [1.54, 1.807) is 22.8 Å². The van der Waals surface area contributed by atoms with Gasteiger partial charge in [0.1, 0.15) is 0 Å². The Kier molecular flexibility index (Phi) is 4.76. The average Bonchev–Trinajstić information content (AvgIpc) is 3.15. The second kappa shape index (κ2) is 7.17. The molecule has 1 saturated heterocycles. The summed E-state index contributed by atoms with van der Waals surface area (Å²) >= 11 is 7.42. The van der Waals surface area contributed by atoms with Crippen LogP contribution in [0.25, 0.3) is 16.6 Å². The molecule has 25 heavy (non-hydrogen) atoms. The highest BCUT2D eigenvalue weighted by molar-refractivity contribution is 7.99. The molecule has 7 heteroatoms. The number of thioether (sulfide) groups is 1. The lowest BCUT2D eigenvalue weighted by Crippen LogP contribution is -2.22. The van der Waals surface area contributed by atoms with E-state index in [0.29, 0.717) is 40.0 Å². The highest BCUT2D eigenvalue weighted by Gasteiger charge is 2.19. The van der Waals surface area contributed by atoms with Crippen LogP contribution >= 0.6 is 23.4 Å². The van der Waals surface area contributed by atoms with Gasteiger partial charge in [-0.2, -0.15) is 0 Å². The SMILES string of the molecule is O=c1c2ccccc2nc(SCC2OCCO2)n1-c1ccc(Cl)cc1. The molecule has 3 aromatic rings. The number of aromatic nitrogens is 2. The summed E-state index contributed by atoms with van der Waals surface area (Å²) in [6, 6.07) is 14.5. The number of hydrogen-bond donors (Lipinski definition) is 0. The molecule has 5 nitrogen and oxygen atoms in total. The Morgan fingerprint density at radius 3 is 2.60 bits per heavy atom. The topological polar surface area (TPSA) is 53.4 Å². The van der Waals surface area contributed by atoms with Gasteiger partial charge in [0.05, 0.1) is 35.6 Å². The number of halogens is 1. The normalized spacial score (nSPS) is 15.1. The molecule has 1 aromatic heterocycles. The molecule has 2 heterocycles. The second-order valence-electron chi connectivity index (χ2n) is 5.51. The van der Waals surface area contributed by atoms with Crippen LogP contribution < -0.4 is 5.56 Å². The molecule has 4 rings (SSSR count). The maximum atomic E-state index is 13.0. The van der Waals surface area contributed by atoms with Crippen molar-refractivity contribution in [1.82, 2.24) is 9.55 Å². The molecule has 1 fully saturated rings. The molecule has 0 bridgehead atoms. The van der Waals surface area contributed by atoms with Gasteiger partial charge in [-0.15, -0.1) is 0 Å². The third-order valence-corrected chi connectivity index (χ3v) is 5.09. The molecule has 128 valence electrons. The van der Waals surface area contributed by atoms with Crippen molar-refractivity contribution in [1.29, 1.82) is 0 Å². The summed E-state index contributed by atoms with van der Waals surface area (Å²) in [5.41, 5.74) is 1.29. The third-order valence-electron chi connectivity index (χ3n) is 3.87. The Bertz CT molecular complexity index is 953. The van der Waals surface area contributed by atoms with Crippen LogP contribution in [0.15, 0.2) is 58.5 Å². The number of para-hydroxylation sites is 1. The standard InChI is InChI=1S/C18H15ClN2O3S/c19-12-5-7-13(8-6-12)21-17(22)14-3-1-2-4-15(14)20-18(21)25-11-16-23-9-10-24-16/h1-8,16H,9-11H2. The zero-order valence-corrected chi connectivity index (χ0v) is 14.8. The fourth-order valence-corrected chi connectivity index (χ4v) is 3.76. The summed E-state index contributed by atoms with van der Waals surface area (Å²) in [4.78, 5) is 17.7. The molecular weight excluding hydrogens is 360 g/mol. The first-order chi connectivity index (χ1) is 12.2. The van der Waals surface area contributed by atoms with Crippen molar-refractivity contribution in [3.05, 3.63) is 63.9 Å². The minimum atomic E-state index is -0.271. The predicted molar refractivity (Wildman–Crippen MR) is 98.8 cm³/mol. The first-order valence-corrected chi connectivity index (χ1v) is 9.22. The van der Waals surface area contributed by atoms with Gasteiger partial charge < -0.3 is 9.47 Å². The summed E-state index contributed by atoms with van der Waals surface area (Å²) in [6.45, 7) is 1.20. The van der Waals surface area contributed by atoms with Crippen molar-refractivity contribution < 1.29 is 9.47 Å². The molecule has 0 radical (unpaired) electrons. The maximum absolute atomic E-state index is 13.0. The summed E-state index contributed by atoms with van der Waals surface area (Å²) < 4.78 is 12.6. The van der Waals surface area contributed by atoms with Crippen LogP contribution in [0.4, 0.5) is 0 Å². The molecule has 1 aliphatic rings. The fourth-order valence-electron chi connectivity index (χ4n) is 2.67. The number of benzene rings is 2. The Morgan fingerprint density at radius 2 is 1.84 bits per heavy atom. The Labute approximate surface area is 153 Å². The van der Waals surface area contributed by atoms with Gasteiger partial charge in [0, 0.05) is 5.02 Å². The minimum absolute atomic E-state index is 0.108. The number of ether oxygens (including phenoxy) is 2. The van der Waals surface area contributed by atoms with Crippen molar-refractivity contribution in [2.45, 2.75) is 11.4 Å². The minimum Gasteiger partial charge on any atom is -0.349 e. The molecule has 1 aliphatic heterocycles. The first kappa shape index (κ1) is 16.6. The van der Waals surface area contributed by atoms with Crippen LogP contribution in [0, 0.1) is 0 Å². The number of fused-ring (bicyclic) bond motifs is 1. The van der Waals surface area contributed by atoms with E-state index < -0.39 is 0 Å². The summed E-state index contributed by atoms with van der Waals surface area (Å²) in [6.07, 6.45) is -0.271. The van der Waals surface area contributed by atoms with Gasteiger partial charge in [-0.1, -0.05) is 35.5 Å². The smallest absolute Gasteiger partial charge is 0.266 e. The van der Waals surface area contributed by atoms with Crippen LogP contribution in [0.3, 0.4) is 0 Å². The van der Waals surface area contributed by atoms with Gasteiger partial charge >= 0.3 is 0 Å². The molecule has 0 saturated carbocycles. The van der Waals surface area contributed by atoms with E-state index in [4.69, 9.17) is 21.1 Å². The largest absolute Gasteiger partial charge is 0.349 e. The molecule has 2 aromatic carbocycles. The van der Waals surface area contributed by atoms with Gasteiger partial charge in [-0.3, -0.25) is 9.36 Å². The van der Waals surface area contributed by atoms with Gasteiger partial charge in [0.25, 0.3) is 5.56 Å². The van der Waals surface area contributed by atoms with Gasteiger partial charge in [0.15, 0.2) is 11.4 Å². The number of hydrogen-bond acceptors (Lipinski definition) is 5. The zero-order valence-electron chi connectivity index (χ0n) is 13.2. The lowest BCUT2D eigenvalue weighted by Gasteiger charge is -2.14. The quantitative estimate of drug-likeness (QED) is 0.516. The Morgan fingerprint density at radius 1 is 1.12 bits per heavy atom. The van der Waals surface area contributed by atoms with Crippen LogP contribution in [0.1, 0.15) is 0 Å². The number of rotatable bonds is 4. The highest BCUT2D eigenvalue weighted by atomic mass is 35.5. The molecule has 0 aliphatic carbocycles. The van der Waals surface area contributed by atoms with Crippen molar-refractivity contribution in [3.63, 3.8) is 0 Å². The van der Waals surface area contributed by atoms with Crippen LogP contribution in [0.5, 0.6) is 0 Å².